The van der Waals surface area contributed by atoms with Crippen LogP contribution in [0.5, 0.6) is 0 Å². The summed E-state index contributed by atoms with van der Waals surface area (Å²) in [7, 11) is 2.61. The van der Waals surface area contributed by atoms with E-state index in [0.717, 1.165) is 49.4 Å². The van der Waals surface area contributed by atoms with Crippen LogP contribution in [0.4, 0.5) is 5.69 Å². The summed E-state index contributed by atoms with van der Waals surface area (Å²) in [4.78, 5) is 7.08. The van der Waals surface area contributed by atoms with Crippen LogP contribution in [0, 0.1) is 0 Å². The molecule has 1 N–H and O–H groups in total. The average molecular weight is 431 g/mol. The number of nitrogens with zero attached hydrogens (tertiary/aromatic N) is 3. The molecule has 0 bridgehead atoms. The van der Waals surface area contributed by atoms with E-state index >= 15 is 0 Å². The van der Waals surface area contributed by atoms with Crippen molar-refractivity contribution in [3.63, 3.8) is 0 Å². The van der Waals surface area contributed by atoms with Crippen LogP contribution in [-0.2, 0) is 16.4 Å². The number of piperazine rings is 1. The van der Waals surface area contributed by atoms with E-state index in [2.05, 4.69) is 57.7 Å². The second-order valence-electron chi connectivity index (χ2n) is 8.19. The van der Waals surface area contributed by atoms with Gasteiger partial charge in [0, 0.05) is 58.5 Å². The zero-order valence-electron chi connectivity index (χ0n) is 18.5. The number of nitrogens with one attached hydrogen (secondary N) is 1. The van der Waals surface area contributed by atoms with Gasteiger partial charge in [-0.15, -0.1) is 0 Å². The fraction of sp³-hybridized carbons (Fsp3) is 0.478. The van der Waals surface area contributed by atoms with Gasteiger partial charge >= 0.3 is 0 Å². The van der Waals surface area contributed by atoms with Crippen molar-refractivity contribution in [2.24, 2.45) is 0 Å². The van der Waals surface area contributed by atoms with Gasteiger partial charge in [0.1, 0.15) is 0 Å². The lowest BCUT2D eigenvalue weighted by Crippen LogP contribution is -2.48. The van der Waals surface area contributed by atoms with Crippen molar-refractivity contribution in [1.29, 1.82) is 0 Å². The molecule has 164 valence electrons. The minimum absolute atomic E-state index is 0.000368. The van der Waals surface area contributed by atoms with E-state index in [-0.39, 0.29) is 6.04 Å². The molecule has 0 radical (unpaired) electrons. The molecule has 1 saturated heterocycles. The molecule has 1 atom stereocenters. The predicted molar refractivity (Wildman–Crippen MR) is 124 cm³/mol. The van der Waals surface area contributed by atoms with E-state index in [9.17, 15) is 8.42 Å². The normalized spacial score (nSPS) is 17.1. The molecule has 0 spiro atoms. The number of hydrogen-bond acceptors (Lipinski definition) is 5. The number of rotatable bonds is 8. The van der Waals surface area contributed by atoms with Gasteiger partial charge < -0.3 is 9.80 Å². The smallest absolute Gasteiger partial charge is 0.240 e. The first-order valence-corrected chi connectivity index (χ1v) is 12.1. The number of benzene rings is 2. The summed E-state index contributed by atoms with van der Waals surface area (Å²) in [5.74, 6) is 0. The van der Waals surface area contributed by atoms with Crippen LogP contribution in [0.1, 0.15) is 24.1 Å². The lowest BCUT2D eigenvalue weighted by Gasteiger charge is -2.38. The fourth-order valence-corrected chi connectivity index (χ4v) is 4.80. The van der Waals surface area contributed by atoms with Crippen LogP contribution in [0.25, 0.3) is 0 Å². The molecule has 2 aromatic carbocycles. The van der Waals surface area contributed by atoms with Crippen molar-refractivity contribution in [2.45, 2.75) is 24.3 Å². The second kappa shape index (κ2) is 9.92. The summed E-state index contributed by atoms with van der Waals surface area (Å²) in [5, 5.41) is 0. The van der Waals surface area contributed by atoms with E-state index < -0.39 is 10.0 Å². The Kier molecular flexibility index (Phi) is 7.52. The molecule has 1 heterocycles. The van der Waals surface area contributed by atoms with E-state index in [4.69, 9.17) is 0 Å². The van der Waals surface area contributed by atoms with E-state index in [1.54, 1.807) is 12.1 Å². The SMILES string of the molecule is CCc1ccc(S(=O)(=O)NCC(c2ccc(N(C)C)cc2)N2CCN(C)CC2)cc1. The molecule has 1 unspecified atom stereocenters. The quantitative estimate of drug-likeness (QED) is 0.698. The molecule has 0 aromatic heterocycles. The Morgan fingerprint density at radius 2 is 1.57 bits per heavy atom. The molecular formula is C23H34N4O2S. The summed E-state index contributed by atoms with van der Waals surface area (Å²) in [6.45, 7) is 6.22. The van der Waals surface area contributed by atoms with Crippen molar-refractivity contribution in [1.82, 2.24) is 14.5 Å². The second-order valence-corrected chi connectivity index (χ2v) is 9.96. The van der Waals surface area contributed by atoms with Gasteiger partial charge in [-0.05, 0) is 48.9 Å². The summed E-state index contributed by atoms with van der Waals surface area (Å²) >= 11 is 0. The van der Waals surface area contributed by atoms with Crippen LogP contribution in [-0.4, -0.2) is 72.1 Å². The van der Waals surface area contributed by atoms with E-state index in [0.29, 0.717) is 11.4 Å². The fourth-order valence-electron chi connectivity index (χ4n) is 3.76. The van der Waals surface area contributed by atoms with Gasteiger partial charge in [0.2, 0.25) is 10.0 Å². The Bertz CT molecular complexity index is 903. The third-order valence-corrected chi connectivity index (χ3v) is 7.32. The maximum Gasteiger partial charge on any atom is 0.240 e. The van der Waals surface area contributed by atoms with Crippen LogP contribution in [0.3, 0.4) is 0 Å². The van der Waals surface area contributed by atoms with Gasteiger partial charge in [-0.2, -0.15) is 0 Å². The molecule has 3 rings (SSSR count). The molecule has 2 aromatic rings. The highest BCUT2D eigenvalue weighted by atomic mass is 32.2. The number of sulfonamides is 1. The maximum absolute atomic E-state index is 12.9. The summed E-state index contributed by atoms with van der Waals surface area (Å²) in [6.07, 6.45) is 0.891. The molecule has 7 heteroatoms. The number of hydrogen-bond donors (Lipinski definition) is 1. The lowest BCUT2D eigenvalue weighted by molar-refractivity contribution is 0.113. The molecule has 1 fully saturated rings. The number of likely N-dealkylation sites (N-methyl/N-ethyl adjacent to an activating group) is 1. The third-order valence-electron chi connectivity index (χ3n) is 5.88. The minimum atomic E-state index is -3.55. The summed E-state index contributed by atoms with van der Waals surface area (Å²) < 4.78 is 28.7. The van der Waals surface area contributed by atoms with Crippen molar-refractivity contribution in [2.75, 3.05) is 58.8 Å². The van der Waals surface area contributed by atoms with Crippen molar-refractivity contribution in [3.8, 4) is 0 Å². The zero-order chi connectivity index (χ0) is 21.7. The molecule has 30 heavy (non-hydrogen) atoms. The highest BCUT2D eigenvalue weighted by Crippen LogP contribution is 2.25. The first kappa shape index (κ1) is 22.7. The maximum atomic E-state index is 12.9. The Morgan fingerprint density at radius 1 is 0.967 bits per heavy atom. The molecule has 0 aliphatic carbocycles. The van der Waals surface area contributed by atoms with E-state index in [1.165, 1.54) is 0 Å². The molecular weight excluding hydrogens is 396 g/mol. The largest absolute Gasteiger partial charge is 0.378 e. The molecule has 0 saturated carbocycles. The molecule has 1 aliphatic heterocycles. The Morgan fingerprint density at radius 3 is 2.10 bits per heavy atom. The van der Waals surface area contributed by atoms with Crippen LogP contribution >= 0.6 is 0 Å². The van der Waals surface area contributed by atoms with Crippen molar-refractivity contribution >= 4 is 15.7 Å². The topological polar surface area (TPSA) is 55.9 Å². The van der Waals surface area contributed by atoms with Gasteiger partial charge in [-0.25, -0.2) is 13.1 Å². The third kappa shape index (κ3) is 5.60. The number of aryl methyl sites for hydroxylation is 1. The average Bonchev–Trinajstić information content (AvgIpc) is 2.75. The van der Waals surface area contributed by atoms with Crippen molar-refractivity contribution in [3.05, 3.63) is 59.7 Å². The Balaban J connectivity index is 1.79. The summed E-state index contributed by atoms with van der Waals surface area (Å²) in [6, 6.07) is 15.6. The highest BCUT2D eigenvalue weighted by Gasteiger charge is 2.26. The van der Waals surface area contributed by atoms with Crippen LogP contribution < -0.4 is 9.62 Å². The van der Waals surface area contributed by atoms with Gasteiger partial charge in [-0.1, -0.05) is 31.2 Å². The van der Waals surface area contributed by atoms with Gasteiger partial charge in [-0.3, -0.25) is 4.90 Å². The molecule has 1 aliphatic rings. The Labute approximate surface area is 181 Å². The highest BCUT2D eigenvalue weighted by molar-refractivity contribution is 7.89. The van der Waals surface area contributed by atoms with Gasteiger partial charge in [0.15, 0.2) is 0 Å². The van der Waals surface area contributed by atoms with Crippen LogP contribution in [0.15, 0.2) is 53.4 Å². The summed E-state index contributed by atoms with van der Waals surface area (Å²) in [5.41, 5.74) is 3.40. The standard InChI is InChI=1S/C23H34N4O2S/c1-5-19-6-12-22(13-7-19)30(28,29)24-18-23(27-16-14-26(4)15-17-27)20-8-10-21(11-9-20)25(2)3/h6-13,23-24H,5,14-18H2,1-4H3. The monoisotopic (exact) mass is 430 g/mol. The first-order chi connectivity index (χ1) is 14.3. The van der Waals surface area contributed by atoms with E-state index in [1.807, 2.05) is 26.2 Å². The predicted octanol–water partition coefficient (Wildman–Crippen LogP) is 2.58. The number of anilines is 1. The first-order valence-electron chi connectivity index (χ1n) is 10.6. The van der Waals surface area contributed by atoms with Crippen LogP contribution in [0.2, 0.25) is 0 Å². The van der Waals surface area contributed by atoms with Gasteiger partial charge in [0.25, 0.3) is 0 Å². The lowest BCUT2D eigenvalue weighted by atomic mass is 10.0. The van der Waals surface area contributed by atoms with Gasteiger partial charge in [0.05, 0.1) is 4.90 Å². The molecule has 6 nitrogen and oxygen atoms in total. The molecule has 0 amide bonds. The zero-order valence-corrected chi connectivity index (χ0v) is 19.3. The van der Waals surface area contributed by atoms with Crippen molar-refractivity contribution < 1.29 is 8.42 Å². The minimum Gasteiger partial charge on any atom is -0.378 e. The Hall–Kier alpha value is -1.93.